The van der Waals surface area contributed by atoms with Gasteiger partial charge in [0.2, 0.25) is 0 Å². The van der Waals surface area contributed by atoms with Crippen LogP contribution < -0.4 is 9.47 Å². The van der Waals surface area contributed by atoms with Crippen molar-refractivity contribution in [2.24, 2.45) is 5.92 Å². The second-order valence-electron chi connectivity index (χ2n) is 6.96. The van der Waals surface area contributed by atoms with E-state index in [1.165, 1.54) is 5.56 Å². The fraction of sp³-hybridized carbons (Fsp3) is 0.409. The molecule has 0 radical (unpaired) electrons. The molecular weight excluding hydrogens is 326 g/mol. The number of carbonyl (C=O) groups excluding carboxylic acids is 1. The van der Waals surface area contributed by atoms with Crippen LogP contribution in [0.2, 0.25) is 0 Å². The molecule has 0 saturated carbocycles. The standard InChI is InChI=1S/C22H27NO3/c1-17-8-9-20(21(14-17)25-2)26-16-22(24)23-12-10-19(11-13-23)15-18-6-4-3-5-7-18/h3-9,14,19H,10-13,15-16H2,1-2H3. The molecule has 1 amide bonds. The van der Waals surface area contributed by atoms with Gasteiger partial charge in [0.05, 0.1) is 7.11 Å². The van der Waals surface area contributed by atoms with Crippen molar-refractivity contribution in [1.82, 2.24) is 4.90 Å². The molecular formula is C22H27NO3. The summed E-state index contributed by atoms with van der Waals surface area (Å²) in [6.07, 6.45) is 3.20. The maximum absolute atomic E-state index is 12.5. The van der Waals surface area contributed by atoms with E-state index in [0.29, 0.717) is 17.4 Å². The average molecular weight is 353 g/mol. The van der Waals surface area contributed by atoms with Gasteiger partial charge in [0.25, 0.3) is 5.91 Å². The molecule has 3 rings (SSSR count). The number of carbonyl (C=O) groups is 1. The molecule has 1 aliphatic rings. The molecule has 0 aromatic heterocycles. The molecule has 26 heavy (non-hydrogen) atoms. The van der Waals surface area contributed by atoms with Crippen LogP contribution in [0.25, 0.3) is 0 Å². The van der Waals surface area contributed by atoms with E-state index in [1.54, 1.807) is 7.11 Å². The quantitative estimate of drug-likeness (QED) is 0.791. The molecule has 1 fully saturated rings. The zero-order valence-electron chi connectivity index (χ0n) is 15.6. The molecule has 0 spiro atoms. The van der Waals surface area contributed by atoms with Crippen LogP contribution in [0.3, 0.4) is 0 Å². The van der Waals surface area contributed by atoms with Crippen LogP contribution in [0.4, 0.5) is 0 Å². The van der Waals surface area contributed by atoms with Crippen LogP contribution in [-0.2, 0) is 11.2 Å². The van der Waals surface area contributed by atoms with Crippen LogP contribution in [0.5, 0.6) is 11.5 Å². The summed E-state index contributed by atoms with van der Waals surface area (Å²) >= 11 is 0. The lowest BCUT2D eigenvalue weighted by Crippen LogP contribution is -2.41. The number of ether oxygens (including phenoxy) is 2. The van der Waals surface area contributed by atoms with Gasteiger partial charge in [-0.1, -0.05) is 36.4 Å². The Morgan fingerprint density at radius 1 is 1.08 bits per heavy atom. The minimum absolute atomic E-state index is 0.0470. The first-order valence-electron chi connectivity index (χ1n) is 9.25. The molecule has 1 heterocycles. The predicted octanol–water partition coefficient (Wildman–Crippen LogP) is 3.86. The maximum Gasteiger partial charge on any atom is 0.260 e. The molecule has 4 heteroatoms. The van der Waals surface area contributed by atoms with Crippen LogP contribution in [0, 0.1) is 12.8 Å². The van der Waals surface area contributed by atoms with Crippen molar-refractivity contribution in [2.45, 2.75) is 26.2 Å². The van der Waals surface area contributed by atoms with Gasteiger partial charge in [-0.05, 0) is 55.4 Å². The van der Waals surface area contributed by atoms with Gasteiger partial charge in [-0.25, -0.2) is 0 Å². The normalized spacial score (nSPS) is 14.9. The highest BCUT2D eigenvalue weighted by atomic mass is 16.5. The number of hydrogen-bond donors (Lipinski definition) is 0. The summed E-state index contributed by atoms with van der Waals surface area (Å²) in [5, 5.41) is 0. The monoisotopic (exact) mass is 353 g/mol. The third-order valence-electron chi connectivity index (χ3n) is 5.00. The molecule has 0 bridgehead atoms. The Hall–Kier alpha value is -2.49. The topological polar surface area (TPSA) is 38.8 Å². The van der Waals surface area contributed by atoms with Crippen LogP contribution in [-0.4, -0.2) is 37.6 Å². The van der Waals surface area contributed by atoms with Crippen LogP contribution in [0.15, 0.2) is 48.5 Å². The van der Waals surface area contributed by atoms with Gasteiger partial charge < -0.3 is 14.4 Å². The Morgan fingerprint density at radius 3 is 2.50 bits per heavy atom. The Bertz CT molecular complexity index is 721. The molecule has 0 atom stereocenters. The number of rotatable bonds is 6. The SMILES string of the molecule is COc1cc(C)ccc1OCC(=O)N1CCC(Cc2ccccc2)CC1. The number of amides is 1. The van der Waals surface area contributed by atoms with Crippen molar-refractivity contribution in [2.75, 3.05) is 26.8 Å². The summed E-state index contributed by atoms with van der Waals surface area (Å²) in [6.45, 7) is 3.68. The molecule has 2 aromatic carbocycles. The lowest BCUT2D eigenvalue weighted by Gasteiger charge is -2.32. The van der Waals surface area contributed by atoms with E-state index in [-0.39, 0.29) is 12.5 Å². The number of aryl methyl sites for hydroxylation is 1. The second-order valence-corrected chi connectivity index (χ2v) is 6.96. The van der Waals surface area contributed by atoms with Gasteiger partial charge >= 0.3 is 0 Å². The fourth-order valence-electron chi connectivity index (χ4n) is 3.46. The van der Waals surface area contributed by atoms with Gasteiger partial charge in [0.1, 0.15) is 0 Å². The van der Waals surface area contributed by atoms with Crippen molar-refractivity contribution < 1.29 is 14.3 Å². The van der Waals surface area contributed by atoms with Crippen molar-refractivity contribution >= 4 is 5.91 Å². The number of nitrogens with zero attached hydrogens (tertiary/aromatic N) is 1. The van der Waals surface area contributed by atoms with Crippen molar-refractivity contribution in [3.8, 4) is 11.5 Å². The third kappa shape index (κ3) is 4.78. The van der Waals surface area contributed by atoms with E-state index < -0.39 is 0 Å². The predicted molar refractivity (Wildman–Crippen MR) is 103 cm³/mol. The molecule has 0 unspecified atom stereocenters. The van der Waals surface area contributed by atoms with Gasteiger partial charge in [0, 0.05) is 13.1 Å². The van der Waals surface area contributed by atoms with Gasteiger partial charge in [-0.15, -0.1) is 0 Å². The second kappa shape index (κ2) is 8.75. The highest BCUT2D eigenvalue weighted by Crippen LogP contribution is 2.28. The highest BCUT2D eigenvalue weighted by Gasteiger charge is 2.23. The Morgan fingerprint density at radius 2 is 1.81 bits per heavy atom. The van der Waals surface area contributed by atoms with Gasteiger partial charge in [-0.3, -0.25) is 4.79 Å². The lowest BCUT2D eigenvalue weighted by molar-refractivity contribution is -0.134. The number of likely N-dealkylation sites (tertiary alicyclic amines) is 1. The Balaban J connectivity index is 1.47. The number of benzene rings is 2. The first-order chi connectivity index (χ1) is 12.7. The van der Waals surface area contributed by atoms with E-state index in [4.69, 9.17) is 9.47 Å². The zero-order valence-corrected chi connectivity index (χ0v) is 15.6. The minimum atomic E-state index is 0.0470. The Labute approximate surface area is 155 Å². The van der Waals surface area contributed by atoms with Gasteiger partial charge in [-0.2, -0.15) is 0 Å². The molecule has 1 aliphatic heterocycles. The van der Waals surface area contributed by atoms with Crippen LogP contribution in [0.1, 0.15) is 24.0 Å². The smallest absolute Gasteiger partial charge is 0.260 e. The molecule has 4 nitrogen and oxygen atoms in total. The summed E-state index contributed by atoms with van der Waals surface area (Å²) in [7, 11) is 1.61. The molecule has 138 valence electrons. The summed E-state index contributed by atoms with van der Waals surface area (Å²) in [5.41, 5.74) is 2.48. The molecule has 1 saturated heterocycles. The van der Waals surface area contributed by atoms with E-state index in [2.05, 4.69) is 24.3 Å². The molecule has 0 aliphatic carbocycles. The average Bonchev–Trinajstić information content (AvgIpc) is 2.68. The van der Waals surface area contributed by atoms with E-state index in [9.17, 15) is 4.79 Å². The summed E-state index contributed by atoms with van der Waals surface area (Å²) in [6, 6.07) is 16.3. The van der Waals surface area contributed by atoms with E-state index in [0.717, 1.165) is 37.9 Å². The Kier molecular flexibility index (Phi) is 6.16. The zero-order chi connectivity index (χ0) is 18.4. The lowest BCUT2D eigenvalue weighted by atomic mass is 9.90. The van der Waals surface area contributed by atoms with Gasteiger partial charge in [0.15, 0.2) is 18.1 Å². The number of piperidine rings is 1. The highest BCUT2D eigenvalue weighted by molar-refractivity contribution is 5.78. The molecule has 0 N–H and O–H groups in total. The van der Waals surface area contributed by atoms with E-state index in [1.807, 2.05) is 36.1 Å². The summed E-state index contributed by atoms with van der Waals surface area (Å²) in [5.74, 6) is 1.98. The minimum Gasteiger partial charge on any atom is -0.493 e. The maximum atomic E-state index is 12.5. The number of hydrogen-bond acceptors (Lipinski definition) is 3. The van der Waals surface area contributed by atoms with Crippen LogP contribution >= 0.6 is 0 Å². The fourth-order valence-corrected chi connectivity index (χ4v) is 3.46. The summed E-state index contributed by atoms with van der Waals surface area (Å²) < 4.78 is 11.0. The first kappa shape index (κ1) is 18.3. The van der Waals surface area contributed by atoms with Crippen molar-refractivity contribution in [3.05, 3.63) is 59.7 Å². The first-order valence-corrected chi connectivity index (χ1v) is 9.25. The van der Waals surface area contributed by atoms with Crippen molar-refractivity contribution in [1.29, 1.82) is 0 Å². The molecule has 2 aromatic rings. The largest absolute Gasteiger partial charge is 0.493 e. The van der Waals surface area contributed by atoms with E-state index >= 15 is 0 Å². The van der Waals surface area contributed by atoms with Crippen molar-refractivity contribution in [3.63, 3.8) is 0 Å². The number of methoxy groups -OCH3 is 1. The summed E-state index contributed by atoms with van der Waals surface area (Å²) in [4.78, 5) is 14.4. The third-order valence-corrected chi connectivity index (χ3v) is 5.00.